The van der Waals surface area contributed by atoms with E-state index in [0.717, 1.165) is 70.6 Å². The molecular formula is C47H89F3NO11PS. The number of hydrogen-bond donors (Lipinski definition) is 0. The van der Waals surface area contributed by atoms with Crippen LogP contribution in [0, 0.1) is 0 Å². The molecular weight excluding hydrogens is 875 g/mol. The molecule has 0 saturated heterocycles. The normalized spacial score (nSPS) is 13.8. The number of phosphoric ester groups is 1. The Balaban J connectivity index is 0. The van der Waals surface area contributed by atoms with E-state index >= 15 is 0 Å². The maximum atomic E-state index is 13.3. The molecule has 0 aromatic carbocycles. The SMILES string of the molecule is CCCCCCCC/C=C/CCCCCCCC(=O)OCC(COP(=O)(OCC)OCC[N+](C)(C)C)OC(=O)CCCCCCC/C=C/CCCCCCCC.O=S(=O)([O-])C(F)(F)F. The van der Waals surface area contributed by atoms with Crippen molar-refractivity contribution in [2.45, 2.75) is 212 Å². The summed E-state index contributed by atoms with van der Waals surface area (Å²) in [5, 5.41) is 0. The number of phosphoric acid groups is 1. The number of carbonyl (C=O) groups excluding carboxylic acids is 2. The molecule has 0 aliphatic rings. The van der Waals surface area contributed by atoms with E-state index in [9.17, 15) is 27.3 Å². The molecule has 0 bridgehead atoms. The van der Waals surface area contributed by atoms with Gasteiger partial charge in [-0.2, -0.15) is 13.2 Å². The number of quaternary nitrogens is 1. The van der Waals surface area contributed by atoms with Gasteiger partial charge in [0.05, 0.1) is 34.4 Å². The van der Waals surface area contributed by atoms with Crippen LogP contribution in [0.15, 0.2) is 24.3 Å². The Morgan fingerprint density at radius 3 is 1.34 bits per heavy atom. The second kappa shape index (κ2) is 41.4. The molecule has 0 aromatic heterocycles. The minimum absolute atomic E-state index is 0.131. The first-order valence-electron chi connectivity index (χ1n) is 24.3. The maximum absolute atomic E-state index is 13.3. The number of rotatable bonds is 42. The first-order chi connectivity index (χ1) is 30.3. The number of likely N-dealkylation sites (N-methyl/N-ethyl adjacent to an activating group) is 1. The highest BCUT2D eigenvalue weighted by molar-refractivity contribution is 7.86. The third-order valence-electron chi connectivity index (χ3n) is 10.0. The van der Waals surface area contributed by atoms with Gasteiger partial charge in [-0.3, -0.25) is 23.2 Å². The Morgan fingerprint density at radius 1 is 0.594 bits per heavy atom. The minimum Gasteiger partial charge on any atom is -0.741 e. The molecule has 64 heavy (non-hydrogen) atoms. The fourth-order valence-corrected chi connectivity index (χ4v) is 7.36. The Bertz CT molecular complexity index is 1340. The number of halogens is 3. The summed E-state index contributed by atoms with van der Waals surface area (Å²) in [5.41, 5.74) is -5.65. The number of hydrogen-bond acceptors (Lipinski definition) is 11. The van der Waals surface area contributed by atoms with Gasteiger partial charge < -0.3 is 18.5 Å². The second-order valence-corrected chi connectivity index (χ2v) is 20.4. The molecule has 12 nitrogen and oxygen atoms in total. The molecule has 2 atom stereocenters. The summed E-state index contributed by atoms with van der Waals surface area (Å²) in [6.45, 7) is 6.69. The molecule has 2 unspecified atom stereocenters. The zero-order valence-corrected chi connectivity index (χ0v) is 42.4. The average molecular weight is 964 g/mol. The van der Waals surface area contributed by atoms with Gasteiger partial charge in [0.15, 0.2) is 16.2 Å². The van der Waals surface area contributed by atoms with Crippen LogP contribution in [0.3, 0.4) is 0 Å². The van der Waals surface area contributed by atoms with E-state index < -0.39 is 29.6 Å². The molecule has 0 saturated carbocycles. The van der Waals surface area contributed by atoms with Crippen LogP contribution in [0.4, 0.5) is 13.2 Å². The third kappa shape index (κ3) is 45.4. The van der Waals surface area contributed by atoms with Gasteiger partial charge in [-0.25, -0.2) is 13.0 Å². The third-order valence-corrected chi connectivity index (χ3v) is 12.1. The lowest BCUT2D eigenvalue weighted by atomic mass is 10.1. The first-order valence-corrected chi connectivity index (χ1v) is 27.2. The summed E-state index contributed by atoms with van der Waals surface area (Å²) in [6.07, 6.45) is 39.8. The Morgan fingerprint density at radius 2 is 0.969 bits per heavy atom. The molecule has 0 aliphatic heterocycles. The highest BCUT2D eigenvalue weighted by Gasteiger charge is 2.37. The van der Waals surface area contributed by atoms with Gasteiger partial charge in [0, 0.05) is 12.8 Å². The zero-order valence-electron chi connectivity index (χ0n) is 40.6. The summed E-state index contributed by atoms with van der Waals surface area (Å²) in [5.74, 6) is -0.727. The molecule has 0 aromatic rings. The van der Waals surface area contributed by atoms with Crippen LogP contribution in [0.25, 0.3) is 0 Å². The molecule has 380 valence electrons. The van der Waals surface area contributed by atoms with Crippen molar-refractivity contribution in [3.8, 4) is 0 Å². The van der Waals surface area contributed by atoms with E-state index in [1.807, 2.05) is 21.1 Å². The van der Waals surface area contributed by atoms with Crippen LogP contribution in [0.5, 0.6) is 0 Å². The summed E-state index contributed by atoms with van der Waals surface area (Å²) in [7, 11) is -3.97. The van der Waals surface area contributed by atoms with E-state index in [1.54, 1.807) is 6.92 Å². The summed E-state index contributed by atoms with van der Waals surface area (Å²) in [6, 6.07) is 0. The highest BCUT2D eigenvalue weighted by atomic mass is 32.2. The van der Waals surface area contributed by atoms with Crippen LogP contribution < -0.4 is 0 Å². The van der Waals surface area contributed by atoms with Gasteiger partial charge in [-0.1, -0.05) is 141 Å². The Labute approximate surface area is 387 Å². The van der Waals surface area contributed by atoms with Crippen molar-refractivity contribution >= 4 is 29.9 Å². The van der Waals surface area contributed by atoms with Crippen molar-refractivity contribution in [2.24, 2.45) is 0 Å². The van der Waals surface area contributed by atoms with Crippen LogP contribution in [-0.4, -0.2) is 95.1 Å². The fourth-order valence-electron chi connectivity index (χ4n) is 6.17. The molecule has 17 heteroatoms. The predicted molar refractivity (Wildman–Crippen MR) is 250 cm³/mol. The summed E-state index contributed by atoms with van der Waals surface area (Å²) in [4.78, 5) is 25.4. The minimum atomic E-state index is -6.09. The van der Waals surface area contributed by atoms with Crippen molar-refractivity contribution in [1.82, 2.24) is 0 Å². The largest absolute Gasteiger partial charge is 0.741 e. The van der Waals surface area contributed by atoms with Gasteiger partial charge in [0.25, 0.3) is 0 Å². The van der Waals surface area contributed by atoms with Gasteiger partial charge in [-0.15, -0.1) is 0 Å². The van der Waals surface area contributed by atoms with Gasteiger partial charge in [0.1, 0.15) is 19.8 Å². The number of alkyl halides is 3. The van der Waals surface area contributed by atoms with E-state index in [2.05, 4.69) is 38.2 Å². The van der Waals surface area contributed by atoms with Crippen molar-refractivity contribution in [1.29, 1.82) is 0 Å². The molecule has 0 N–H and O–H groups in total. The van der Waals surface area contributed by atoms with Crippen molar-refractivity contribution in [2.75, 3.05) is 54.1 Å². The smallest absolute Gasteiger partial charge is 0.485 e. The molecule has 0 aliphatic carbocycles. The first kappa shape index (κ1) is 64.3. The summed E-state index contributed by atoms with van der Waals surface area (Å²) < 4.78 is 101. The van der Waals surface area contributed by atoms with Crippen LogP contribution >= 0.6 is 7.82 Å². The van der Waals surface area contributed by atoms with Crippen molar-refractivity contribution in [3.05, 3.63) is 24.3 Å². The molecule has 0 rings (SSSR count). The quantitative estimate of drug-likeness (QED) is 0.0109. The summed E-state index contributed by atoms with van der Waals surface area (Å²) >= 11 is 0. The molecule has 0 fully saturated rings. The van der Waals surface area contributed by atoms with E-state index in [0.29, 0.717) is 17.4 Å². The van der Waals surface area contributed by atoms with Crippen molar-refractivity contribution in [3.63, 3.8) is 0 Å². The lowest BCUT2D eigenvalue weighted by Crippen LogP contribution is -2.37. The number of unbranched alkanes of at least 4 members (excludes halogenated alkanes) is 22. The van der Waals surface area contributed by atoms with Crippen LogP contribution in [0.2, 0.25) is 0 Å². The average Bonchev–Trinajstić information content (AvgIpc) is 3.21. The monoisotopic (exact) mass is 964 g/mol. The standard InChI is InChI=1S/C46H89NO8P.CHF3O3S/c1-7-10-12-14-16-18-20-22-24-26-28-30-32-34-36-38-45(48)51-42-44(43-54-56(50,52-9-3)53-41-40-47(4,5)6)55-46(49)39-37-35-33-31-29-27-25-23-21-19-17-15-13-11-8-2;2-1(3,4)8(5,6)7/h22-25,44H,7-21,26-43H2,1-6H3;(H,5,6,7)/q+1;/p-1/b24-22+,25-23+;. The molecule has 0 heterocycles. The van der Waals surface area contributed by atoms with E-state index in [1.165, 1.54) is 96.3 Å². The fraction of sp³-hybridized carbons (Fsp3) is 0.872. The van der Waals surface area contributed by atoms with Crippen LogP contribution in [-0.2, 0) is 47.3 Å². The van der Waals surface area contributed by atoms with Gasteiger partial charge >= 0.3 is 25.3 Å². The molecule has 0 radical (unpaired) electrons. The second-order valence-electron chi connectivity index (χ2n) is 17.4. The van der Waals surface area contributed by atoms with Gasteiger partial charge in [0.2, 0.25) is 0 Å². The molecule has 0 amide bonds. The van der Waals surface area contributed by atoms with E-state index in [4.69, 9.17) is 36.0 Å². The predicted octanol–water partition coefficient (Wildman–Crippen LogP) is 13.5. The highest BCUT2D eigenvalue weighted by Crippen LogP contribution is 2.49. The lowest BCUT2D eigenvalue weighted by Gasteiger charge is -2.25. The topological polar surface area (TPSA) is 155 Å². The van der Waals surface area contributed by atoms with Crippen LogP contribution in [0.1, 0.15) is 201 Å². The number of carbonyl (C=O) groups is 2. The maximum Gasteiger partial charge on any atom is 0.485 e. The molecule has 0 spiro atoms. The number of nitrogens with zero attached hydrogens (tertiary/aromatic N) is 1. The number of esters is 2. The zero-order chi connectivity index (χ0) is 48.4. The number of allylic oxidation sites excluding steroid dienone is 4. The number of ether oxygens (including phenoxy) is 2. The van der Waals surface area contributed by atoms with Crippen molar-refractivity contribution < 1.29 is 67.8 Å². The lowest BCUT2D eigenvalue weighted by molar-refractivity contribution is -0.870. The van der Waals surface area contributed by atoms with E-state index in [-0.39, 0.29) is 44.8 Å². The Hall–Kier alpha value is -1.81. The van der Waals surface area contributed by atoms with Gasteiger partial charge in [-0.05, 0) is 71.1 Å². The Kier molecular flexibility index (Phi) is 41.6.